The van der Waals surface area contributed by atoms with Crippen molar-refractivity contribution in [3.8, 4) is 0 Å². The summed E-state index contributed by atoms with van der Waals surface area (Å²) >= 11 is 0. The molecular weight excluding hydrogens is 332 g/mol. The molecule has 2 N–H and O–H groups in total. The summed E-state index contributed by atoms with van der Waals surface area (Å²) in [5.74, 6) is 1.60. The van der Waals surface area contributed by atoms with Crippen molar-refractivity contribution in [2.45, 2.75) is 70.7 Å². The Morgan fingerprint density at radius 2 is 2.08 bits per heavy atom. The van der Waals surface area contributed by atoms with Crippen LogP contribution >= 0.6 is 0 Å². The monoisotopic (exact) mass is 362 g/mol. The molecule has 5 rings (SSSR count). The molecule has 2 bridgehead atoms. The molecule has 1 unspecified atom stereocenters. The molecule has 1 heterocycles. The van der Waals surface area contributed by atoms with E-state index < -0.39 is 18.3 Å². The fourth-order valence-corrected chi connectivity index (χ4v) is 8.28. The first kappa shape index (κ1) is 17.3. The highest BCUT2D eigenvalue weighted by atomic mass is 16.6. The number of aliphatic hydroxyl groups excluding tert-OH is 2. The van der Waals surface area contributed by atoms with E-state index in [9.17, 15) is 19.8 Å². The van der Waals surface area contributed by atoms with Crippen LogP contribution in [0.2, 0.25) is 0 Å². The van der Waals surface area contributed by atoms with Gasteiger partial charge in [0.1, 0.15) is 12.4 Å². The quantitative estimate of drug-likeness (QED) is 0.786. The number of fused-ring (bicyclic) bond motifs is 6. The average Bonchev–Trinajstić information content (AvgIpc) is 3.14. The largest absolute Gasteiger partial charge is 0.389 e. The SMILES string of the molecule is C[C@]12CCC(=O)C[C@@H]1CC[C@@H]1[C@@H]2[C@@H]2C[C@]3(C(O)O2)[C@@H](C(=O)CO)CC[C@@H]13. The van der Waals surface area contributed by atoms with Gasteiger partial charge in [0.15, 0.2) is 12.1 Å². The van der Waals surface area contributed by atoms with Crippen molar-refractivity contribution in [3.63, 3.8) is 0 Å². The molecule has 4 saturated carbocycles. The second-order valence-corrected chi connectivity index (χ2v) is 9.92. The van der Waals surface area contributed by atoms with Gasteiger partial charge < -0.3 is 14.9 Å². The number of Topliss-reactive ketones (excluding diaryl/α,β-unsaturated/α-hetero) is 2. The predicted octanol–water partition coefficient (Wildman–Crippen LogP) is 2.08. The maximum absolute atomic E-state index is 12.4. The van der Waals surface area contributed by atoms with Crippen LogP contribution < -0.4 is 0 Å². The van der Waals surface area contributed by atoms with Gasteiger partial charge in [0.25, 0.3) is 0 Å². The molecule has 1 saturated heterocycles. The van der Waals surface area contributed by atoms with E-state index in [-0.39, 0.29) is 23.2 Å². The van der Waals surface area contributed by atoms with Crippen LogP contribution in [0.3, 0.4) is 0 Å². The number of hydrogen-bond acceptors (Lipinski definition) is 5. The fourth-order valence-electron chi connectivity index (χ4n) is 8.28. The molecule has 0 aromatic rings. The van der Waals surface area contributed by atoms with Crippen molar-refractivity contribution >= 4 is 11.6 Å². The van der Waals surface area contributed by atoms with E-state index in [1.807, 2.05) is 0 Å². The molecule has 5 nitrogen and oxygen atoms in total. The van der Waals surface area contributed by atoms with E-state index in [1.165, 1.54) is 0 Å². The first-order chi connectivity index (χ1) is 12.4. The Labute approximate surface area is 154 Å². The summed E-state index contributed by atoms with van der Waals surface area (Å²) < 4.78 is 6.16. The highest BCUT2D eigenvalue weighted by Crippen LogP contribution is 2.71. The molecule has 5 fully saturated rings. The molecule has 5 aliphatic rings. The summed E-state index contributed by atoms with van der Waals surface area (Å²) in [7, 11) is 0. The molecule has 0 aromatic carbocycles. The predicted molar refractivity (Wildman–Crippen MR) is 92.9 cm³/mol. The van der Waals surface area contributed by atoms with Gasteiger partial charge in [-0.25, -0.2) is 0 Å². The standard InChI is InChI=1S/C21H30O5/c1-20-7-6-12(23)8-11(20)2-3-13-14-4-5-15(16(24)10-22)21(14)9-17(18(13)20)26-19(21)25/h11,13-15,17-19,22,25H,2-10H2,1H3/t11-,13-,14-,15+,17-,18+,19?,20-,21+/m0/s1. The number of aliphatic hydroxyl groups is 2. The Kier molecular flexibility index (Phi) is 3.74. The number of ether oxygens (including phenoxy) is 1. The minimum atomic E-state index is -0.890. The van der Waals surface area contributed by atoms with Gasteiger partial charge in [0, 0.05) is 24.2 Å². The molecule has 1 aliphatic heterocycles. The Balaban J connectivity index is 1.54. The minimum absolute atomic E-state index is 0.0145. The molecule has 26 heavy (non-hydrogen) atoms. The number of rotatable bonds is 2. The van der Waals surface area contributed by atoms with Crippen molar-refractivity contribution in [1.29, 1.82) is 0 Å². The molecule has 5 heteroatoms. The lowest BCUT2D eigenvalue weighted by molar-refractivity contribution is -0.162. The second-order valence-electron chi connectivity index (χ2n) is 9.92. The van der Waals surface area contributed by atoms with Crippen LogP contribution in [0.5, 0.6) is 0 Å². The van der Waals surface area contributed by atoms with Crippen LogP contribution in [0, 0.1) is 40.4 Å². The highest BCUT2D eigenvalue weighted by Gasteiger charge is 2.71. The lowest BCUT2D eigenvalue weighted by Crippen LogP contribution is -2.57. The molecular formula is C21H30O5. The van der Waals surface area contributed by atoms with Gasteiger partial charge in [-0.15, -0.1) is 0 Å². The summed E-state index contributed by atoms with van der Waals surface area (Å²) in [5.41, 5.74) is -0.379. The van der Waals surface area contributed by atoms with Gasteiger partial charge >= 0.3 is 0 Å². The molecule has 144 valence electrons. The van der Waals surface area contributed by atoms with Gasteiger partial charge in [-0.3, -0.25) is 9.59 Å². The molecule has 4 aliphatic carbocycles. The molecule has 9 atom stereocenters. The summed E-state index contributed by atoms with van der Waals surface area (Å²) in [5, 5.41) is 20.4. The number of ketones is 2. The van der Waals surface area contributed by atoms with Crippen LogP contribution in [-0.2, 0) is 14.3 Å². The van der Waals surface area contributed by atoms with Crippen LogP contribution in [0.4, 0.5) is 0 Å². The van der Waals surface area contributed by atoms with Crippen LogP contribution in [0.25, 0.3) is 0 Å². The Morgan fingerprint density at radius 3 is 2.85 bits per heavy atom. The summed E-state index contributed by atoms with van der Waals surface area (Å²) in [6, 6.07) is 0. The Morgan fingerprint density at radius 1 is 1.27 bits per heavy atom. The number of carbonyl (C=O) groups is 2. The van der Waals surface area contributed by atoms with E-state index in [0.717, 1.165) is 38.5 Å². The maximum atomic E-state index is 12.4. The smallest absolute Gasteiger partial charge is 0.162 e. The van der Waals surface area contributed by atoms with E-state index >= 15 is 0 Å². The van der Waals surface area contributed by atoms with Gasteiger partial charge in [0.05, 0.1) is 6.10 Å². The lowest BCUT2D eigenvalue weighted by atomic mass is 9.44. The van der Waals surface area contributed by atoms with E-state index in [4.69, 9.17) is 4.74 Å². The van der Waals surface area contributed by atoms with Crippen LogP contribution in [0.15, 0.2) is 0 Å². The first-order valence-corrected chi connectivity index (χ1v) is 10.4. The zero-order chi connectivity index (χ0) is 18.3. The number of carbonyl (C=O) groups excluding carboxylic acids is 2. The Bertz CT molecular complexity index is 646. The first-order valence-electron chi connectivity index (χ1n) is 10.4. The minimum Gasteiger partial charge on any atom is -0.389 e. The summed E-state index contributed by atoms with van der Waals surface area (Å²) in [4.78, 5) is 24.5. The van der Waals surface area contributed by atoms with E-state index in [0.29, 0.717) is 42.3 Å². The van der Waals surface area contributed by atoms with Crippen molar-refractivity contribution in [3.05, 3.63) is 0 Å². The zero-order valence-corrected chi connectivity index (χ0v) is 15.5. The van der Waals surface area contributed by atoms with Crippen molar-refractivity contribution in [2.75, 3.05) is 6.61 Å². The van der Waals surface area contributed by atoms with Gasteiger partial charge in [-0.05, 0) is 67.6 Å². The highest BCUT2D eigenvalue weighted by molar-refractivity contribution is 5.83. The average molecular weight is 362 g/mol. The fraction of sp³-hybridized carbons (Fsp3) is 0.905. The Hall–Kier alpha value is -0.780. The van der Waals surface area contributed by atoms with Crippen molar-refractivity contribution in [1.82, 2.24) is 0 Å². The number of hydrogen-bond donors (Lipinski definition) is 2. The molecule has 0 aromatic heterocycles. The summed E-state index contributed by atoms with van der Waals surface area (Å²) in [6.07, 6.45) is 6.03. The summed E-state index contributed by atoms with van der Waals surface area (Å²) in [6.45, 7) is 1.92. The van der Waals surface area contributed by atoms with Crippen LogP contribution in [-0.4, -0.2) is 40.8 Å². The van der Waals surface area contributed by atoms with E-state index in [1.54, 1.807) is 0 Å². The second kappa shape index (κ2) is 5.62. The topological polar surface area (TPSA) is 83.8 Å². The third-order valence-corrected chi connectivity index (χ3v) is 9.31. The van der Waals surface area contributed by atoms with Gasteiger partial charge in [-0.1, -0.05) is 6.92 Å². The van der Waals surface area contributed by atoms with Gasteiger partial charge in [-0.2, -0.15) is 0 Å². The third-order valence-electron chi connectivity index (χ3n) is 9.31. The molecule has 1 spiro atoms. The molecule has 0 amide bonds. The normalized spacial score (nSPS) is 55.2. The maximum Gasteiger partial charge on any atom is 0.162 e. The third kappa shape index (κ3) is 1.97. The van der Waals surface area contributed by atoms with Crippen molar-refractivity contribution < 1.29 is 24.5 Å². The van der Waals surface area contributed by atoms with Crippen molar-refractivity contribution in [2.24, 2.45) is 40.4 Å². The van der Waals surface area contributed by atoms with Crippen LogP contribution in [0.1, 0.15) is 58.3 Å². The zero-order valence-electron chi connectivity index (χ0n) is 15.5. The lowest BCUT2D eigenvalue weighted by Gasteiger charge is -2.59. The van der Waals surface area contributed by atoms with E-state index in [2.05, 4.69) is 6.92 Å². The van der Waals surface area contributed by atoms with Gasteiger partial charge in [0.2, 0.25) is 0 Å². The molecule has 0 radical (unpaired) electrons.